The van der Waals surface area contributed by atoms with E-state index in [1.807, 2.05) is 0 Å². The van der Waals surface area contributed by atoms with Gasteiger partial charge in [0.25, 0.3) is 5.91 Å². The first-order valence-corrected chi connectivity index (χ1v) is 10.8. The molecule has 0 unspecified atom stereocenters. The van der Waals surface area contributed by atoms with Crippen LogP contribution in [0.2, 0.25) is 5.02 Å². The van der Waals surface area contributed by atoms with Gasteiger partial charge in [-0.1, -0.05) is 23.7 Å². The lowest BCUT2D eigenvalue weighted by atomic mass is 9.80. The number of hydrogen-bond acceptors (Lipinski definition) is 5. The summed E-state index contributed by atoms with van der Waals surface area (Å²) in [5.74, 6) is -1.70. The SMILES string of the molecule is CC1=C(C#N)C(c2cc3c(NC(=O)c4ccccc4Cl)n[nH]c3c(C)c2F)C(C#N)=C(C)N1C. The Bertz CT molecular complexity index is 1470. The van der Waals surface area contributed by atoms with E-state index in [9.17, 15) is 15.3 Å². The monoisotopic (exact) mass is 474 g/mol. The summed E-state index contributed by atoms with van der Waals surface area (Å²) in [7, 11) is 1.76. The molecule has 1 aliphatic rings. The maximum absolute atomic E-state index is 15.6. The van der Waals surface area contributed by atoms with Crippen molar-refractivity contribution in [3.63, 3.8) is 0 Å². The van der Waals surface area contributed by atoms with Crippen molar-refractivity contribution < 1.29 is 9.18 Å². The summed E-state index contributed by atoms with van der Waals surface area (Å²) >= 11 is 6.14. The van der Waals surface area contributed by atoms with E-state index in [1.165, 1.54) is 6.07 Å². The molecule has 3 aromatic rings. The Kier molecular flexibility index (Phi) is 5.87. The number of aromatic amines is 1. The van der Waals surface area contributed by atoms with Crippen molar-refractivity contribution in [2.75, 3.05) is 12.4 Å². The summed E-state index contributed by atoms with van der Waals surface area (Å²) in [6.07, 6.45) is 0. The van der Waals surface area contributed by atoms with Gasteiger partial charge in [0, 0.05) is 35.0 Å². The van der Waals surface area contributed by atoms with Crippen LogP contribution in [0.25, 0.3) is 10.9 Å². The van der Waals surface area contributed by atoms with Gasteiger partial charge in [-0.2, -0.15) is 15.6 Å². The molecule has 0 aliphatic carbocycles. The van der Waals surface area contributed by atoms with Crippen molar-refractivity contribution in [2.24, 2.45) is 0 Å². The Balaban J connectivity index is 1.90. The average molecular weight is 475 g/mol. The lowest BCUT2D eigenvalue weighted by molar-refractivity contribution is 0.102. The summed E-state index contributed by atoms with van der Waals surface area (Å²) in [4.78, 5) is 14.6. The molecule has 0 radical (unpaired) electrons. The molecule has 1 aromatic heterocycles. The number of nitrogens with one attached hydrogen (secondary N) is 2. The van der Waals surface area contributed by atoms with E-state index in [1.54, 1.807) is 57.0 Å². The van der Waals surface area contributed by atoms with Crippen LogP contribution in [0, 0.1) is 35.4 Å². The second-order valence-corrected chi connectivity index (χ2v) is 8.45. The number of benzene rings is 2. The van der Waals surface area contributed by atoms with Crippen LogP contribution in [-0.2, 0) is 0 Å². The quantitative estimate of drug-likeness (QED) is 0.518. The van der Waals surface area contributed by atoms with E-state index >= 15 is 4.39 Å². The first-order valence-electron chi connectivity index (χ1n) is 10.4. The number of hydrogen-bond donors (Lipinski definition) is 2. The minimum Gasteiger partial charge on any atom is -0.350 e. The molecular weight excluding hydrogens is 455 g/mol. The molecule has 0 spiro atoms. The molecule has 34 heavy (non-hydrogen) atoms. The van der Waals surface area contributed by atoms with Gasteiger partial charge in [-0.25, -0.2) is 4.39 Å². The van der Waals surface area contributed by atoms with Crippen LogP contribution in [0.5, 0.6) is 0 Å². The third-order valence-corrected chi connectivity index (χ3v) is 6.66. The van der Waals surface area contributed by atoms with Crippen LogP contribution in [-0.4, -0.2) is 28.1 Å². The highest BCUT2D eigenvalue weighted by Gasteiger charge is 2.34. The maximum atomic E-state index is 15.6. The molecule has 0 atom stereocenters. The first-order chi connectivity index (χ1) is 16.2. The Morgan fingerprint density at radius 2 is 1.79 bits per heavy atom. The van der Waals surface area contributed by atoms with Gasteiger partial charge in [0.2, 0.25) is 0 Å². The highest BCUT2D eigenvalue weighted by molar-refractivity contribution is 6.34. The maximum Gasteiger partial charge on any atom is 0.258 e. The number of H-pyrrole nitrogens is 1. The molecule has 0 bridgehead atoms. The number of carbonyl (C=O) groups excluding carboxylic acids is 1. The lowest BCUT2D eigenvalue weighted by Crippen LogP contribution is -2.26. The van der Waals surface area contributed by atoms with E-state index < -0.39 is 17.6 Å². The molecule has 7 nitrogen and oxygen atoms in total. The average Bonchev–Trinajstić information content (AvgIpc) is 3.22. The molecule has 0 fully saturated rings. The fraction of sp³-hybridized carbons (Fsp3) is 0.200. The molecule has 9 heteroatoms. The smallest absolute Gasteiger partial charge is 0.258 e. The van der Waals surface area contributed by atoms with Crippen molar-refractivity contribution in [1.82, 2.24) is 15.1 Å². The highest BCUT2D eigenvalue weighted by atomic mass is 35.5. The number of halogens is 2. The molecule has 1 aliphatic heterocycles. The summed E-state index contributed by atoms with van der Waals surface area (Å²) in [6.45, 7) is 5.11. The molecule has 0 saturated carbocycles. The van der Waals surface area contributed by atoms with Gasteiger partial charge in [0.05, 0.1) is 45.3 Å². The van der Waals surface area contributed by atoms with Gasteiger partial charge in [-0.05, 0) is 39.0 Å². The molecule has 4 rings (SSSR count). The van der Waals surface area contributed by atoms with Crippen molar-refractivity contribution in [3.05, 3.63) is 80.4 Å². The number of amides is 1. The second kappa shape index (κ2) is 8.66. The van der Waals surface area contributed by atoms with Crippen molar-refractivity contribution >= 4 is 34.2 Å². The Labute approximate surface area is 200 Å². The van der Waals surface area contributed by atoms with Gasteiger partial charge in [-0.3, -0.25) is 9.89 Å². The zero-order valence-electron chi connectivity index (χ0n) is 18.9. The third kappa shape index (κ3) is 3.49. The Hall–Kier alpha value is -4.14. The van der Waals surface area contributed by atoms with Crippen LogP contribution in [0.1, 0.15) is 41.3 Å². The van der Waals surface area contributed by atoms with Crippen molar-refractivity contribution in [1.29, 1.82) is 10.5 Å². The highest BCUT2D eigenvalue weighted by Crippen LogP contribution is 2.43. The Morgan fingerprint density at radius 3 is 2.38 bits per heavy atom. The number of aromatic nitrogens is 2. The zero-order valence-corrected chi connectivity index (χ0v) is 19.7. The molecule has 170 valence electrons. The molecule has 1 amide bonds. The van der Waals surface area contributed by atoms with Gasteiger partial charge >= 0.3 is 0 Å². The van der Waals surface area contributed by atoms with E-state index in [0.29, 0.717) is 22.3 Å². The van der Waals surface area contributed by atoms with Gasteiger partial charge < -0.3 is 10.2 Å². The topological polar surface area (TPSA) is 109 Å². The molecule has 2 aromatic carbocycles. The van der Waals surface area contributed by atoms with E-state index in [2.05, 4.69) is 27.7 Å². The lowest BCUT2D eigenvalue weighted by Gasteiger charge is -2.33. The number of allylic oxidation sites excluding steroid dienone is 4. The number of anilines is 1. The number of fused-ring (bicyclic) bond motifs is 1. The minimum atomic E-state index is -0.878. The van der Waals surface area contributed by atoms with Crippen molar-refractivity contribution in [3.8, 4) is 12.1 Å². The first kappa shape index (κ1) is 23.0. The molecular formula is C25H20ClFN6O. The summed E-state index contributed by atoms with van der Waals surface area (Å²) in [6, 6.07) is 12.5. The van der Waals surface area contributed by atoms with Gasteiger partial charge in [0.15, 0.2) is 5.82 Å². The minimum absolute atomic E-state index is 0.166. The fourth-order valence-corrected chi connectivity index (χ4v) is 4.45. The zero-order chi connectivity index (χ0) is 24.7. The second-order valence-electron chi connectivity index (χ2n) is 8.05. The molecule has 0 saturated heterocycles. The number of carbonyl (C=O) groups is 1. The number of aryl methyl sites for hydroxylation is 1. The van der Waals surface area contributed by atoms with Crippen LogP contribution in [0.15, 0.2) is 52.9 Å². The van der Waals surface area contributed by atoms with Gasteiger partial charge in [0.1, 0.15) is 5.82 Å². The van der Waals surface area contributed by atoms with Crippen LogP contribution in [0.3, 0.4) is 0 Å². The van der Waals surface area contributed by atoms with Crippen molar-refractivity contribution in [2.45, 2.75) is 26.7 Å². The Morgan fingerprint density at radius 1 is 1.18 bits per heavy atom. The number of nitrogens with zero attached hydrogens (tertiary/aromatic N) is 4. The predicted molar refractivity (Wildman–Crippen MR) is 127 cm³/mol. The predicted octanol–water partition coefficient (Wildman–Crippen LogP) is 5.54. The van der Waals surface area contributed by atoms with Gasteiger partial charge in [-0.15, -0.1) is 0 Å². The van der Waals surface area contributed by atoms with E-state index in [0.717, 1.165) is 0 Å². The fourth-order valence-electron chi connectivity index (χ4n) is 4.22. The van der Waals surface area contributed by atoms with Crippen LogP contribution in [0.4, 0.5) is 10.2 Å². The standard InChI is InChI=1S/C25H20ClFN6O/c1-12-22(27)16(21-18(10-28)13(2)33(4)14(3)19(21)11-29)9-17-23(12)31-32-24(17)30-25(34)15-7-5-6-8-20(15)26/h5-9,21H,1-4H3,(H2,30,31,32,34). The summed E-state index contributed by atoms with van der Waals surface area (Å²) in [5.41, 5.74) is 2.95. The van der Waals surface area contributed by atoms with Crippen LogP contribution < -0.4 is 5.32 Å². The number of nitriles is 2. The molecule has 2 N–H and O–H groups in total. The van der Waals surface area contributed by atoms with E-state index in [4.69, 9.17) is 11.6 Å². The largest absolute Gasteiger partial charge is 0.350 e. The van der Waals surface area contributed by atoms with E-state index in [-0.39, 0.29) is 38.7 Å². The third-order valence-electron chi connectivity index (χ3n) is 6.33. The summed E-state index contributed by atoms with van der Waals surface area (Å²) < 4.78 is 15.6. The molecule has 2 heterocycles. The summed E-state index contributed by atoms with van der Waals surface area (Å²) in [5, 5.41) is 30.2. The van der Waals surface area contributed by atoms with Crippen LogP contribution >= 0.6 is 11.6 Å². The normalized spacial score (nSPS) is 14.4. The number of rotatable bonds is 3.